The molecule has 0 aromatic carbocycles. The van der Waals surface area contributed by atoms with Crippen molar-refractivity contribution in [2.75, 3.05) is 0 Å². The zero-order valence-electron chi connectivity index (χ0n) is 13.9. The van der Waals surface area contributed by atoms with Crippen LogP contribution in [-0.4, -0.2) is 26.7 Å². The van der Waals surface area contributed by atoms with E-state index < -0.39 is 0 Å². The monoisotopic (exact) mass is 312 g/mol. The van der Waals surface area contributed by atoms with Crippen molar-refractivity contribution < 1.29 is 4.79 Å². The van der Waals surface area contributed by atoms with E-state index in [2.05, 4.69) is 24.3 Å². The van der Waals surface area contributed by atoms with Crippen molar-refractivity contribution in [3.8, 4) is 0 Å². The first-order valence-electron chi connectivity index (χ1n) is 8.82. The Morgan fingerprint density at radius 3 is 2.65 bits per heavy atom. The molecule has 0 atom stereocenters. The maximum absolute atomic E-state index is 12.8. The van der Waals surface area contributed by atoms with E-state index in [9.17, 15) is 4.79 Å². The van der Waals surface area contributed by atoms with Crippen molar-refractivity contribution >= 4 is 16.9 Å². The van der Waals surface area contributed by atoms with Gasteiger partial charge in [0.2, 0.25) is 0 Å². The molecular formula is C18H24N4O. The van der Waals surface area contributed by atoms with Crippen molar-refractivity contribution in [2.45, 2.75) is 70.4 Å². The molecule has 0 radical (unpaired) electrons. The van der Waals surface area contributed by atoms with Gasteiger partial charge in [-0.3, -0.25) is 4.79 Å². The zero-order valence-corrected chi connectivity index (χ0v) is 13.9. The van der Waals surface area contributed by atoms with Crippen LogP contribution in [0.15, 0.2) is 12.3 Å². The number of rotatable bonds is 4. The summed E-state index contributed by atoms with van der Waals surface area (Å²) in [5.74, 6) is 0.558. The fourth-order valence-corrected chi connectivity index (χ4v) is 3.52. The molecule has 2 fully saturated rings. The van der Waals surface area contributed by atoms with E-state index in [0.29, 0.717) is 12.0 Å². The first-order chi connectivity index (χ1) is 11.1. The molecule has 5 nitrogen and oxygen atoms in total. The summed E-state index contributed by atoms with van der Waals surface area (Å²) in [6.07, 6.45) is 8.78. The molecule has 0 aliphatic heterocycles. The number of nitrogens with zero attached hydrogens (tertiary/aromatic N) is 3. The maximum Gasteiger partial charge on any atom is 0.252 e. The van der Waals surface area contributed by atoms with Gasteiger partial charge in [0.05, 0.1) is 17.1 Å². The van der Waals surface area contributed by atoms with Crippen LogP contribution >= 0.6 is 0 Å². The van der Waals surface area contributed by atoms with Gasteiger partial charge < -0.3 is 5.32 Å². The van der Waals surface area contributed by atoms with E-state index in [1.165, 1.54) is 25.7 Å². The summed E-state index contributed by atoms with van der Waals surface area (Å²) < 4.78 is 1.92. The molecule has 2 aliphatic rings. The minimum absolute atomic E-state index is 0.0366. The highest BCUT2D eigenvalue weighted by atomic mass is 16.1. The number of hydrogen-bond acceptors (Lipinski definition) is 3. The number of nitrogens with one attached hydrogen (secondary N) is 1. The lowest BCUT2D eigenvalue weighted by Gasteiger charge is -2.14. The molecule has 0 saturated heterocycles. The van der Waals surface area contributed by atoms with E-state index in [4.69, 9.17) is 4.98 Å². The first-order valence-corrected chi connectivity index (χ1v) is 8.82. The molecule has 122 valence electrons. The molecule has 0 bridgehead atoms. The fraction of sp³-hybridized carbons (Fsp3) is 0.611. The van der Waals surface area contributed by atoms with E-state index >= 15 is 0 Å². The van der Waals surface area contributed by atoms with Gasteiger partial charge in [-0.05, 0) is 45.6 Å². The molecular weight excluding hydrogens is 288 g/mol. The summed E-state index contributed by atoms with van der Waals surface area (Å²) >= 11 is 0. The summed E-state index contributed by atoms with van der Waals surface area (Å²) in [4.78, 5) is 17.6. The highest BCUT2D eigenvalue weighted by molar-refractivity contribution is 6.05. The van der Waals surface area contributed by atoms with E-state index in [1.54, 1.807) is 6.20 Å². The standard InChI is InChI=1S/C18H24N4O/c1-11(2)22-17-15(10-19-22)14(9-16(21-17)12-7-8-12)18(23)20-13-5-3-4-6-13/h9-13H,3-8H2,1-2H3,(H,20,23). The Bertz CT molecular complexity index is 739. The number of hydrogen-bond donors (Lipinski definition) is 1. The third-order valence-electron chi connectivity index (χ3n) is 5.01. The van der Waals surface area contributed by atoms with Gasteiger partial charge in [-0.25, -0.2) is 9.67 Å². The summed E-state index contributed by atoms with van der Waals surface area (Å²) in [6, 6.07) is 2.56. The molecule has 5 heteroatoms. The van der Waals surface area contributed by atoms with Gasteiger partial charge in [0.1, 0.15) is 0 Å². The van der Waals surface area contributed by atoms with Gasteiger partial charge in [0.15, 0.2) is 5.65 Å². The van der Waals surface area contributed by atoms with E-state index in [0.717, 1.165) is 35.1 Å². The van der Waals surface area contributed by atoms with Gasteiger partial charge in [-0.2, -0.15) is 5.10 Å². The van der Waals surface area contributed by atoms with Gasteiger partial charge in [-0.15, -0.1) is 0 Å². The van der Waals surface area contributed by atoms with E-state index in [1.807, 2.05) is 10.7 Å². The third kappa shape index (κ3) is 2.73. The molecule has 1 amide bonds. The Balaban J connectivity index is 1.75. The largest absolute Gasteiger partial charge is 0.349 e. The average molecular weight is 312 g/mol. The summed E-state index contributed by atoms with van der Waals surface area (Å²) in [5.41, 5.74) is 2.65. The van der Waals surface area contributed by atoms with Crippen LogP contribution in [0.1, 0.15) is 80.4 Å². The number of carbonyl (C=O) groups excluding carboxylic acids is 1. The molecule has 0 spiro atoms. The van der Waals surface area contributed by atoms with Crippen LogP contribution in [0.3, 0.4) is 0 Å². The zero-order chi connectivity index (χ0) is 16.0. The normalized spacial score (nSPS) is 18.9. The van der Waals surface area contributed by atoms with Crippen LogP contribution in [-0.2, 0) is 0 Å². The Labute approximate surface area is 136 Å². The quantitative estimate of drug-likeness (QED) is 0.939. The topological polar surface area (TPSA) is 59.8 Å². The van der Waals surface area contributed by atoms with Crippen molar-refractivity contribution in [3.63, 3.8) is 0 Å². The van der Waals surface area contributed by atoms with Crippen LogP contribution in [0, 0.1) is 0 Å². The number of pyridine rings is 1. The first kappa shape index (κ1) is 14.7. The predicted octanol–water partition coefficient (Wildman–Crippen LogP) is 3.56. The lowest BCUT2D eigenvalue weighted by molar-refractivity contribution is 0.0939. The van der Waals surface area contributed by atoms with Crippen molar-refractivity contribution in [1.29, 1.82) is 0 Å². The molecule has 2 aromatic rings. The van der Waals surface area contributed by atoms with Crippen molar-refractivity contribution in [1.82, 2.24) is 20.1 Å². The molecule has 23 heavy (non-hydrogen) atoms. The molecule has 0 unspecified atom stereocenters. The molecule has 1 N–H and O–H groups in total. The van der Waals surface area contributed by atoms with E-state index in [-0.39, 0.29) is 11.9 Å². The second kappa shape index (κ2) is 5.62. The highest BCUT2D eigenvalue weighted by Crippen LogP contribution is 2.40. The molecule has 2 saturated carbocycles. The summed E-state index contributed by atoms with van der Waals surface area (Å²) in [6.45, 7) is 4.19. The molecule has 2 heterocycles. The summed E-state index contributed by atoms with van der Waals surface area (Å²) in [5, 5.41) is 8.55. The van der Waals surface area contributed by atoms with Gasteiger partial charge in [0.25, 0.3) is 5.91 Å². The third-order valence-corrected chi connectivity index (χ3v) is 5.01. The van der Waals surface area contributed by atoms with Crippen molar-refractivity contribution in [2.24, 2.45) is 0 Å². The number of amides is 1. The second-order valence-corrected chi connectivity index (χ2v) is 7.24. The van der Waals surface area contributed by atoms with Gasteiger partial charge >= 0.3 is 0 Å². The predicted molar refractivity (Wildman–Crippen MR) is 89.6 cm³/mol. The molecule has 4 rings (SSSR count). The number of fused-ring (bicyclic) bond motifs is 1. The Kier molecular flexibility index (Phi) is 3.58. The van der Waals surface area contributed by atoms with Gasteiger partial charge in [-0.1, -0.05) is 12.8 Å². The minimum Gasteiger partial charge on any atom is -0.349 e. The Morgan fingerprint density at radius 2 is 2.00 bits per heavy atom. The fourth-order valence-electron chi connectivity index (χ4n) is 3.52. The van der Waals surface area contributed by atoms with Crippen LogP contribution in [0.2, 0.25) is 0 Å². The lowest BCUT2D eigenvalue weighted by Crippen LogP contribution is -2.32. The number of carbonyl (C=O) groups is 1. The lowest BCUT2D eigenvalue weighted by atomic mass is 10.1. The Hall–Kier alpha value is -1.91. The number of aromatic nitrogens is 3. The summed E-state index contributed by atoms with van der Waals surface area (Å²) in [7, 11) is 0. The average Bonchev–Trinajstić information content (AvgIpc) is 3.08. The van der Waals surface area contributed by atoms with Crippen LogP contribution in [0.5, 0.6) is 0 Å². The van der Waals surface area contributed by atoms with Crippen molar-refractivity contribution in [3.05, 3.63) is 23.5 Å². The SMILES string of the molecule is CC(C)n1ncc2c(C(=O)NC3CCCC3)cc(C3CC3)nc21. The van der Waals surface area contributed by atoms with Crippen LogP contribution in [0.25, 0.3) is 11.0 Å². The highest BCUT2D eigenvalue weighted by Gasteiger charge is 2.29. The molecule has 2 aromatic heterocycles. The van der Waals surface area contributed by atoms with Crippen LogP contribution < -0.4 is 5.32 Å². The smallest absolute Gasteiger partial charge is 0.252 e. The maximum atomic E-state index is 12.8. The van der Waals surface area contributed by atoms with Gasteiger partial charge in [0, 0.05) is 23.7 Å². The van der Waals surface area contributed by atoms with Crippen LogP contribution in [0.4, 0.5) is 0 Å². The second-order valence-electron chi connectivity index (χ2n) is 7.24. The molecule has 2 aliphatic carbocycles. The Morgan fingerprint density at radius 1 is 1.26 bits per heavy atom. The minimum atomic E-state index is 0.0366.